The molecule has 1 heterocycles. The lowest BCUT2D eigenvalue weighted by molar-refractivity contribution is -0.192. The molecule has 0 unspecified atom stereocenters. The molecule has 0 saturated heterocycles. The Kier molecular flexibility index (Phi) is 8.27. The number of rotatable bonds is 4. The maximum atomic E-state index is 12.2. The molecule has 33 heavy (non-hydrogen) atoms. The van der Waals surface area contributed by atoms with Gasteiger partial charge >= 0.3 is 12.1 Å². The van der Waals surface area contributed by atoms with Gasteiger partial charge in [0.15, 0.2) is 0 Å². The smallest absolute Gasteiger partial charge is 0.475 e. The van der Waals surface area contributed by atoms with Gasteiger partial charge in [-0.3, -0.25) is 9.69 Å². The summed E-state index contributed by atoms with van der Waals surface area (Å²) in [6, 6.07) is 17.1. The van der Waals surface area contributed by atoms with E-state index in [9.17, 15) is 18.0 Å². The van der Waals surface area contributed by atoms with Crippen LogP contribution in [0.2, 0.25) is 0 Å². The second-order valence-corrected chi connectivity index (χ2v) is 8.14. The Labute approximate surface area is 190 Å². The van der Waals surface area contributed by atoms with Crippen LogP contribution in [-0.4, -0.2) is 47.2 Å². The van der Waals surface area contributed by atoms with E-state index in [2.05, 4.69) is 22.3 Å². The van der Waals surface area contributed by atoms with Crippen molar-refractivity contribution in [1.29, 1.82) is 0 Å². The zero-order valence-electron chi connectivity index (χ0n) is 18.1. The molecule has 2 aromatic carbocycles. The van der Waals surface area contributed by atoms with E-state index in [1.165, 1.54) is 36.9 Å². The molecule has 1 aliphatic carbocycles. The van der Waals surface area contributed by atoms with Crippen LogP contribution < -0.4 is 5.32 Å². The molecular weight excluding hydrogens is 433 g/mol. The molecule has 0 aromatic heterocycles. The van der Waals surface area contributed by atoms with Crippen LogP contribution >= 0.6 is 0 Å². The average molecular weight is 460 g/mol. The number of carboxylic acid groups (broad SMARTS) is 1. The molecule has 2 N–H and O–H groups in total. The van der Waals surface area contributed by atoms with Crippen molar-refractivity contribution < 1.29 is 27.9 Å². The van der Waals surface area contributed by atoms with Gasteiger partial charge in [-0.1, -0.05) is 42.8 Å². The summed E-state index contributed by atoms with van der Waals surface area (Å²) in [4.78, 5) is 23.8. The summed E-state index contributed by atoms with van der Waals surface area (Å²) >= 11 is 0. The van der Waals surface area contributed by atoms with Crippen molar-refractivity contribution in [3.8, 4) is 0 Å². The van der Waals surface area contributed by atoms with E-state index < -0.39 is 12.1 Å². The second-order valence-electron chi connectivity index (χ2n) is 8.14. The van der Waals surface area contributed by atoms with Crippen LogP contribution in [0.5, 0.6) is 0 Å². The highest BCUT2D eigenvalue weighted by molar-refractivity contribution is 6.02. The lowest BCUT2D eigenvalue weighted by atomic mass is 9.91. The van der Waals surface area contributed by atoms with Crippen LogP contribution in [0.3, 0.4) is 0 Å². The summed E-state index contributed by atoms with van der Waals surface area (Å²) in [5.41, 5.74) is 4.74. The molecule has 2 aromatic rings. The number of hydrogen-bond acceptors (Lipinski definition) is 3. The first-order chi connectivity index (χ1) is 15.7. The first-order valence-electron chi connectivity index (χ1n) is 10.9. The van der Waals surface area contributed by atoms with E-state index in [0.717, 1.165) is 36.7 Å². The second kappa shape index (κ2) is 11.1. The Bertz CT molecular complexity index is 986. The number of alkyl halides is 3. The number of nitrogens with one attached hydrogen (secondary N) is 1. The van der Waals surface area contributed by atoms with Gasteiger partial charge in [0.25, 0.3) is 0 Å². The summed E-state index contributed by atoms with van der Waals surface area (Å²) in [7, 11) is 0. The Hall–Kier alpha value is -3.13. The van der Waals surface area contributed by atoms with Crippen LogP contribution in [0.4, 0.5) is 18.9 Å². The molecule has 2 aliphatic rings. The van der Waals surface area contributed by atoms with Crippen molar-refractivity contribution >= 4 is 23.6 Å². The number of aliphatic carboxylic acids is 1. The zero-order valence-corrected chi connectivity index (χ0v) is 18.1. The fourth-order valence-electron chi connectivity index (χ4n) is 3.86. The number of carbonyl (C=O) groups excluding carboxylic acids is 1. The van der Waals surface area contributed by atoms with Gasteiger partial charge in [-0.05, 0) is 60.6 Å². The quantitative estimate of drug-likeness (QED) is 0.636. The molecular formula is C25H27F3N2O3. The number of halogens is 3. The highest BCUT2D eigenvalue weighted by Gasteiger charge is 2.38. The van der Waals surface area contributed by atoms with Gasteiger partial charge < -0.3 is 10.4 Å². The van der Waals surface area contributed by atoms with Crippen molar-refractivity contribution in [2.24, 2.45) is 0 Å². The lowest BCUT2D eigenvalue weighted by Gasteiger charge is -2.36. The summed E-state index contributed by atoms with van der Waals surface area (Å²) in [6.07, 6.45) is 4.68. The summed E-state index contributed by atoms with van der Waals surface area (Å²) in [6.45, 7) is 2.31. The highest BCUT2D eigenvalue weighted by Crippen LogP contribution is 2.28. The molecule has 4 rings (SSSR count). The van der Waals surface area contributed by atoms with Crippen molar-refractivity contribution in [3.05, 3.63) is 71.3 Å². The molecule has 176 valence electrons. The van der Waals surface area contributed by atoms with Crippen molar-refractivity contribution in [2.45, 2.75) is 44.3 Å². The fraction of sp³-hybridized carbons (Fsp3) is 0.360. The minimum absolute atomic E-state index is 0.0847. The minimum Gasteiger partial charge on any atom is -0.475 e. The Morgan fingerprint density at radius 1 is 1.00 bits per heavy atom. The van der Waals surface area contributed by atoms with Gasteiger partial charge in [0, 0.05) is 30.9 Å². The molecule has 0 atom stereocenters. The van der Waals surface area contributed by atoms with Gasteiger partial charge in [0.1, 0.15) is 0 Å². The third-order valence-electron chi connectivity index (χ3n) is 5.87. The van der Waals surface area contributed by atoms with Gasteiger partial charge in [-0.15, -0.1) is 0 Å². The standard InChI is InChI=1S/C23H26N2O.C2HF3O2/c26-23(12-9-18-5-2-1-3-6-18)24-21-11-10-19-13-15-25(22-7-4-8-22)16-14-20(19)17-21;3-2(4,5)1(6)7/h1-3,5-6,9-12,17,22H,4,7-8,13-16H2,(H,24,26);(H,6,7). The molecule has 1 saturated carbocycles. The molecule has 0 spiro atoms. The molecule has 8 heteroatoms. The van der Waals surface area contributed by atoms with E-state index in [0.29, 0.717) is 0 Å². The molecule has 5 nitrogen and oxygen atoms in total. The largest absolute Gasteiger partial charge is 0.490 e. The SMILES string of the molecule is O=C(C=Cc1ccccc1)Nc1ccc2c(c1)CCN(C1CCC1)CC2.O=C(O)C(F)(F)F. The summed E-state index contributed by atoms with van der Waals surface area (Å²) < 4.78 is 31.7. The third kappa shape index (κ3) is 7.46. The number of carbonyl (C=O) groups is 2. The first kappa shape index (κ1) is 24.5. The summed E-state index contributed by atoms with van der Waals surface area (Å²) in [5, 5.41) is 10.1. The maximum absolute atomic E-state index is 12.2. The molecule has 1 fully saturated rings. The van der Waals surface area contributed by atoms with E-state index in [1.54, 1.807) is 6.08 Å². The first-order valence-corrected chi connectivity index (χ1v) is 10.9. The van der Waals surface area contributed by atoms with Crippen molar-refractivity contribution in [3.63, 3.8) is 0 Å². The monoisotopic (exact) mass is 460 g/mol. The van der Waals surface area contributed by atoms with Crippen LogP contribution in [0.15, 0.2) is 54.6 Å². The van der Waals surface area contributed by atoms with Crippen LogP contribution in [0, 0.1) is 0 Å². The third-order valence-corrected chi connectivity index (χ3v) is 5.87. The van der Waals surface area contributed by atoms with Crippen molar-refractivity contribution in [1.82, 2.24) is 4.90 Å². The Balaban J connectivity index is 0.000000383. The zero-order chi connectivity index (χ0) is 23.8. The van der Waals surface area contributed by atoms with Gasteiger partial charge in [0.05, 0.1) is 0 Å². The number of hydrogen-bond donors (Lipinski definition) is 2. The van der Waals surface area contributed by atoms with Gasteiger partial charge in [-0.25, -0.2) is 4.79 Å². The molecule has 0 radical (unpaired) electrons. The van der Waals surface area contributed by atoms with E-state index in [1.807, 2.05) is 42.5 Å². The topological polar surface area (TPSA) is 69.6 Å². The van der Waals surface area contributed by atoms with E-state index >= 15 is 0 Å². The Morgan fingerprint density at radius 2 is 1.64 bits per heavy atom. The number of amides is 1. The molecule has 1 amide bonds. The number of carboxylic acids is 1. The van der Waals surface area contributed by atoms with E-state index in [-0.39, 0.29) is 5.91 Å². The number of nitrogens with zero attached hydrogens (tertiary/aromatic N) is 1. The van der Waals surface area contributed by atoms with Crippen molar-refractivity contribution in [2.75, 3.05) is 18.4 Å². The fourth-order valence-corrected chi connectivity index (χ4v) is 3.86. The Morgan fingerprint density at radius 3 is 2.21 bits per heavy atom. The molecule has 0 bridgehead atoms. The number of anilines is 1. The van der Waals surface area contributed by atoms with Crippen LogP contribution in [0.25, 0.3) is 6.08 Å². The van der Waals surface area contributed by atoms with E-state index in [4.69, 9.17) is 9.90 Å². The average Bonchev–Trinajstić information content (AvgIpc) is 2.94. The molecule has 1 aliphatic heterocycles. The summed E-state index contributed by atoms with van der Waals surface area (Å²) in [5.74, 6) is -2.84. The van der Waals surface area contributed by atoms with Gasteiger partial charge in [-0.2, -0.15) is 13.2 Å². The maximum Gasteiger partial charge on any atom is 0.490 e. The van der Waals surface area contributed by atoms with Gasteiger partial charge in [0.2, 0.25) is 5.91 Å². The predicted octanol–water partition coefficient (Wildman–Crippen LogP) is 4.92. The highest BCUT2D eigenvalue weighted by atomic mass is 19.4. The predicted molar refractivity (Wildman–Crippen MR) is 121 cm³/mol. The van der Waals surface area contributed by atoms with Crippen LogP contribution in [0.1, 0.15) is 36.0 Å². The minimum atomic E-state index is -5.08. The van der Waals surface area contributed by atoms with Crippen LogP contribution in [-0.2, 0) is 22.4 Å². The number of fused-ring (bicyclic) bond motifs is 1. The normalized spacial score (nSPS) is 16.7. The lowest BCUT2D eigenvalue weighted by Crippen LogP contribution is -2.41. The number of benzene rings is 2.